The van der Waals surface area contributed by atoms with Crippen molar-refractivity contribution in [1.82, 2.24) is 0 Å². The first-order valence-corrected chi connectivity index (χ1v) is 15.8. The molecule has 1 nitrogen and oxygen atoms in total. The molecule has 2 aromatic carbocycles. The zero-order valence-corrected chi connectivity index (χ0v) is 22.5. The Morgan fingerprint density at radius 2 is 1.72 bits per heavy atom. The van der Waals surface area contributed by atoms with Gasteiger partial charge in [-0.1, -0.05) is 0 Å². The van der Waals surface area contributed by atoms with E-state index in [9.17, 15) is 0 Å². The molecule has 4 rings (SSSR count). The standard InChI is InChI=1S/C14H11.C10H17OSi.2ClH.Zr/c1-10-11-6-2-4-8-13(11)14-9-5-3-7-12(10)14;1-12(2,3)11-9-8-10-6-4-5-7-10;;;/h2-6,8-10H,1H3;4,6H,5,8-9H2,1-3H3;2*1H;/q;;;;+2/p-2. The van der Waals surface area contributed by atoms with Crippen LogP contribution in [0.15, 0.2) is 63.5 Å². The maximum atomic E-state index is 6.11. The van der Waals surface area contributed by atoms with E-state index in [4.69, 9.17) is 4.43 Å². The van der Waals surface area contributed by atoms with Crippen molar-refractivity contribution >= 4 is 11.6 Å². The predicted molar refractivity (Wildman–Crippen MR) is 114 cm³/mol. The van der Waals surface area contributed by atoms with E-state index in [0.717, 1.165) is 13.0 Å². The van der Waals surface area contributed by atoms with E-state index >= 15 is 0 Å². The second-order valence-electron chi connectivity index (χ2n) is 8.52. The van der Waals surface area contributed by atoms with Gasteiger partial charge in [-0.05, 0) is 0 Å². The molecule has 0 aromatic heterocycles. The Morgan fingerprint density at radius 1 is 1.00 bits per heavy atom. The SMILES string of the molecule is CC1c2ccccc2-c2ccc[c]([Zr+2][C]3=C(CCO[Si](C)(C)C)C=CC3)c21.[Cl-].[Cl-]. The van der Waals surface area contributed by atoms with Gasteiger partial charge >= 0.3 is 177 Å². The maximum Gasteiger partial charge on any atom is -1.00 e. The Labute approximate surface area is 200 Å². The van der Waals surface area contributed by atoms with Gasteiger partial charge in [-0.25, -0.2) is 0 Å². The third-order valence-corrected chi connectivity index (χ3v) is 10.3. The molecular formula is C24H28Cl2OSiZr. The van der Waals surface area contributed by atoms with Crippen LogP contribution in [0.5, 0.6) is 0 Å². The molecule has 2 aliphatic rings. The van der Waals surface area contributed by atoms with E-state index in [1.165, 1.54) is 23.1 Å². The average molecular weight is 523 g/mol. The van der Waals surface area contributed by atoms with Gasteiger partial charge in [-0.15, -0.1) is 0 Å². The molecular weight excluding hydrogens is 494 g/mol. The molecule has 0 fully saturated rings. The van der Waals surface area contributed by atoms with Crippen LogP contribution >= 0.6 is 0 Å². The largest absolute Gasteiger partial charge is 1.00 e. The monoisotopic (exact) mass is 520 g/mol. The van der Waals surface area contributed by atoms with Crippen molar-refractivity contribution in [1.29, 1.82) is 0 Å². The van der Waals surface area contributed by atoms with Crippen molar-refractivity contribution in [3.05, 3.63) is 74.6 Å². The number of rotatable bonds is 6. The van der Waals surface area contributed by atoms with Crippen LogP contribution < -0.4 is 28.1 Å². The zero-order chi connectivity index (χ0) is 19.0. The number of hydrogen-bond acceptors (Lipinski definition) is 1. The van der Waals surface area contributed by atoms with Gasteiger partial charge in [-0.3, -0.25) is 0 Å². The van der Waals surface area contributed by atoms with Crippen molar-refractivity contribution in [2.75, 3.05) is 6.61 Å². The molecule has 5 heteroatoms. The summed E-state index contributed by atoms with van der Waals surface area (Å²) in [6, 6.07) is 16.0. The molecule has 0 saturated heterocycles. The molecule has 29 heavy (non-hydrogen) atoms. The second-order valence-corrected chi connectivity index (χ2v) is 16.5. The van der Waals surface area contributed by atoms with Crippen LogP contribution in [0.25, 0.3) is 11.1 Å². The summed E-state index contributed by atoms with van der Waals surface area (Å²) in [6.07, 6.45) is 6.98. The summed E-state index contributed by atoms with van der Waals surface area (Å²) in [7, 11) is -1.42. The molecule has 2 aromatic rings. The molecule has 0 saturated carbocycles. The van der Waals surface area contributed by atoms with Crippen LogP contribution in [0.4, 0.5) is 0 Å². The Balaban J connectivity index is 0.00000150. The van der Waals surface area contributed by atoms with Crippen LogP contribution in [0, 0.1) is 0 Å². The zero-order valence-electron chi connectivity index (χ0n) is 17.6. The number of halogens is 2. The minimum Gasteiger partial charge on any atom is -1.00 e. The van der Waals surface area contributed by atoms with E-state index in [1.807, 2.05) is 0 Å². The minimum atomic E-state index is -1.42. The van der Waals surface area contributed by atoms with Crippen molar-refractivity contribution < 1.29 is 52.5 Å². The Hall–Kier alpha value is -0.440. The van der Waals surface area contributed by atoms with E-state index in [2.05, 4.69) is 81.2 Å². The summed E-state index contributed by atoms with van der Waals surface area (Å²) in [5, 5.41) is 0. The molecule has 1 atom stereocenters. The van der Waals surface area contributed by atoms with Crippen molar-refractivity contribution in [3.8, 4) is 11.1 Å². The fourth-order valence-electron chi connectivity index (χ4n) is 4.20. The average Bonchev–Trinajstić information content (AvgIpc) is 3.18. The molecule has 2 aliphatic carbocycles. The summed E-state index contributed by atoms with van der Waals surface area (Å²) in [4.78, 5) is 0. The topological polar surface area (TPSA) is 9.23 Å². The van der Waals surface area contributed by atoms with Crippen LogP contribution in [0.2, 0.25) is 19.6 Å². The quantitative estimate of drug-likeness (QED) is 0.485. The van der Waals surface area contributed by atoms with Gasteiger partial charge in [0.25, 0.3) is 0 Å². The second kappa shape index (κ2) is 10.2. The maximum absolute atomic E-state index is 6.11. The van der Waals surface area contributed by atoms with Crippen LogP contribution in [0.3, 0.4) is 0 Å². The molecule has 0 heterocycles. The van der Waals surface area contributed by atoms with E-state index in [-0.39, 0.29) is 24.8 Å². The van der Waals surface area contributed by atoms with E-state index in [1.54, 1.807) is 17.7 Å². The predicted octanol–water partition coefficient (Wildman–Crippen LogP) is -0.00980. The van der Waals surface area contributed by atoms with Crippen LogP contribution in [-0.4, -0.2) is 14.9 Å². The summed E-state index contributed by atoms with van der Waals surface area (Å²) in [5.41, 5.74) is 7.61. The molecule has 0 N–H and O–H groups in total. The summed E-state index contributed by atoms with van der Waals surface area (Å²) in [6.45, 7) is 10.1. The number of hydrogen-bond donors (Lipinski definition) is 0. The van der Waals surface area contributed by atoms with Gasteiger partial charge in [0.2, 0.25) is 0 Å². The third-order valence-electron chi connectivity index (χ3n) is 5.48. The first-order valence-electron chi connectivity index (χ1n) is 9.96. The van der Waals surface area contributed by atoms with Gasteiger partial charge in [0.15, 0.2) is 0 Å². The molecule has 0 amide bonds. The van der Waals surface area contributed by atoms with E-state index in [0.29, 0.717) is 5.92 Å². The fraction of sp³-hybridized carbons (Fsp3) is 0.333. The van der Waals surface area contributed by atoms with Gasteiger partial charge in [0.1, 0.15) is 0 Å². The number of benzene rings is 2. The molecule has 1 unspecified atom stereocenters. The summed E-state index contributed by atoms with van der Waals surface area (Å²) >= 11 is -0.777. The summed E-state index contributed by atoms with van der Waals surface area (Å²) in [5.74, 6) is 0.530. The van der Waals surface area contributed by atoms with Gasteiger partial charge < -0.3 is 24.8 Å². The Morgan fingerprint density at radius 3 is 2.48 bits per heavy atom. The van der Waals surface area contributed by atoms with Gasteiger partial charge in [0, 0.05) is 0 Å². The molecule has 0 spiro atoms. The van der Waals surface area contributed by atoms with E-state index < -0.39 is 31.6 Å². The fourth-order valence-corrected chi connectivity index (χ4v) is 8.79. The number of fused-ring (bicyclic) bond motifs is 3. The Bertz CT molecular complexity index is 931. The molecule has 152 valence electrons. The summed E-state index contributed by atoms with van der Waals surface area (Å²) < 4.78 is 9.53. The van der Waals surface area contributed by atoms with Crippen LogP contribution in [-0.2, 0) is 27.7 Å². The molecule has 0 aliphatic heterocycles. The van der Waals surface area contributed by atoms with Gasteiger partial charge in [0.05, 0.1) is 0 Å². The van der Waals surface area contributed by atoms with Crippen molar-refractivity contribution in [2.24, 2.45) is 0 Å². The van der Waals surface area contributed by atoms with Crippen molar-refractivity contribution in [2.45, 2.75) is 45.3 Å². The number of allylic oxidation sites excluding steroid dienone is 3. The molecule has 0 bridgehead atoms. The Kier molecular flexibility index (Phi) is 8.77. The third kappa shape index (κ3) is 5.43. The first-order chi connectivity index (χ1) is 12.9. The first kappa shape index (κ1) is 24.8. The van der Waals surface area contributed by atoms with Crippen LogP contribution in [0.1, 0.15) is 36.8 Å². The minimum absolute atomic E-state index is 0. The normalized spacial score (nSPS) is 16.6. The molecule has 0 radical (unpaired) electrons. The van der Waals surface area contributed by atoms with Gasteiger partial charge in [-0.2, -0.15) is 0 Å². The van der Waals surface area contributed by atoms with Crippen molar-refractivity contribution in [3.63, 3.8) is 0 Å². The smallest absolute Gasteiger partial charge is 1.00 e.